The maximum absolute atomic E-state index is 6.14. The second kappa shape index (κ2) is 9.27. The van der Waals surface area contributed by atoms with Crippen LogP contribution in [0.2, 0.25) is 5.02 Å². The first-order valence-corrected chi connectivity index (χ1v) is 11.1. The molecule has 0 spiro atoms. The summed E-state index contributed by atoms with van der Waals surface area (Å²) in [5.41, 5.74) is 1.30. The van der Waals surface area contributed by atoms with E-state index in [1.54, 1.807) is 0 Å². The highest BCUT2D eigenvalue weighted by Gasteiger charge is 2.39. The lowest BCUT2D eigenvalue weighted by atomic mass is 10.1. The summed E-state index contributed by atoms with van der Waals surface area (Å²) >= 11 is 7.95. The average molecular weight is 419 g/mol. The molecule has 2 aromatic rings. The van der Waals surface area contributed by atoms with Crippen molar-refractivity contribution < 1.29 is 4.74 Å². The summed E-state index contributed by atoms with van der Waals surface area (Å²) in [6, 6.07) is 13.3. The van der Waals surface area contributed by atoms with Crippen molar-refractivity contribution in [2.45, 2.75) is 24.4 Å². The van der Waals surface area contributed by atoms with Gasteiger partial charge in [-0.1, -0.05) is 29.8 Å². The van der Waals surface area contributed by atoms with E-state index >= 15 is 0 Å². The number of aliphatic imine (C=N–C) groups is 1. The van der Waals surface area contributed by atoms with Crippen LogP contribution >= 0.6 is 22.9 Å². The number of hydrogen-bond donors (Lipinski definition) is 2. The minimum absolute atomic E-state index is 0.338. The van der Waals surface area contributed by atoms with E-state index in [4.69, 9.17) is 16.3 Å². The van der Waals surface area contributed by atoms with Gasteiger partial charge in [0.1, 0.15) is 0 Å². The normalized spacial score (nSPS) is 24.0. The number of benzene rings is 1. The zero-order valence-corrected chi connectivity index (χ0v) is 17.7. The Labute approximate surface area is 175 Å². The van der Waals surface area contributed by atoms with Gasteiger partial charge in [-0.05, 0) is 35.6 Å². The number of guanidine groups is 1. The number of nitrogens with zero attached hydrogens (tertiary/aromatic N) is 2. The van der Waals surface area contributed by atoms with E-state index < -0.39 is 0 Å². The Morgan fingerprint density at radius 2 is 2.18 bits per heavy atom. The molecule has 150 valence electrons. The van der Waals surface area contributed by atoms with Crippen molar-refractivity contribution in [3.05, 3.63) is 57.2 Å². The summed E-state index contributed by atoms with van der Waals surface area (Å²) in [4.78, 5) is 8.32. The van der Waals surface area contributed by atoms with Crippen LogP contribution < -0.4 is 10.6 Å². The van der Waals surface area contributed by atoms with Crippen LogP contribution in [0.1, 0.15) is 28.8 Å². The summed E-state index contributed by atoms with van der Waals surface area (Å²) in [7, 11) is 1.83. The van der Waals surface area contributed by atoms with E-state index in [2.05, 4.69) is 50.2 Å². The van der Waals surface area contributed by atoms with Crippen molar-refractivity contribution >= 4 is 28.9 Å². The van der Waals surface area contributed by atoms with Crippen molar-refractivity contribution in [3.8, 4) is 0 Å². The van der Waals surface area contributed by atoms with Gasteiger partial charge in [-0.3, -0.25) is 9.89 Å². The number of morpholine rings is 1. The molecule has 4 rings (SSSR count). The zero-order chi connectivity index (χ0) is 19.3. The lowest BCUT2D eigenvalue weighted by Crippen LogP contribution is -2.46. The Bertz CT molecular complexity index is 791. The maximum Gasteiger partial charge on any atom is 0.191 e. The van der Waals surface area contributed by atoms with Crippen molar-refractivity contribution in [1.29, 1.82) is 0 Å². The van der Waals surface area contributed by atoms with Gasteiger partial charge in [-0.2, -0.15) is 0 Å². The number of ether oxygens (including phenoxy) is 1. The molecular weight excluding hydrogens is 392 g/mol. The molecule has 2 heterocycles. The molecule has 0 amide bonds. The fourth-order valence-electron chi connectivity index (χ4n) is 3.80. The molecule has 1 aliphatic heterocycles. The summed E-state index contributed by atoms with van der Waals surface area (Å²) in [5.74, 6) is 1.37. The van der Waals surface area contributed by atoms with Gasteiger partial charge in [0.2, 0.25) is 0 Å². The van der Waals surface area contributed by atoms with Crippen molar-refractivity contribution in [2.24, 2.45) is 4.99 Å². The van der Waals surface area contributed by atoms with Crippen LogP contribution in [-0.2, 0) is 4.74 Å². The van der Waals surface area contributed by atoms with E-state index in [1.807, 2.05) is 30.5 Å². The topological polar surface area (TPSA) is 48.9 Å². The third kappa shape index (κ3) is 4.87. The van der Waals surface area contributed by atoms with Crippen molar-refractivity contribution in [2.75, 3.05) is 39.9 Å². The molecule has 2 N–H and O–H groups in total. The number of halogens is 1. The first-order chi connectivity index (χ1) is 13.7. The molecule has 2 fully saturated rings. The van der Waals surface area contributed by atoms with Crippen LogP contribution in [0.5, 0.6) is 0 Å². The van der Waals surface area contributed by atoms with Gasteiger partial charge in [-0.25, -0.2) is 0 Å². The van der Waals surface area contributed by atoms with Crippen molar-refractivity contribution in [3.63, 3.8) is 0 Å². The summed E-state index contributed by atoms with van der Waals surface area (Å²) < 4.78 is 5.53. The number of hydrogen-bond acceptors (Lipinski definition) is 4. The van der Waals surface area contributed by atoms with E-state index in [9.17, 15) is 0 Å². The Hall–Kier alpha value is -1.60. The second-order valence-electron chi connectivity index (χ2n) is 7.28. The predicted octanol–water partition coefficient (Wildman–Crippen LogP) is 3.50. The SMILES string of the molecule is CN=C(NCC(c1cccs1)N1CCOCC1)NC1CC1c1cccc(Cl)c1. The van der Waals surface area contributed by atoms with Gasteiger partial charge in [0.05, 0.1) is 19.3 Å². The molecule has 5 nitrogen and oxygen atoms in total. The molecule has 28 heavy (non-hydrogen) atoms. The van der Waals surface area contributed by atoms with Crippen LogP contribution in [0.15, 0.2) is 46.8 Å². The minimum atomic E-state index is 0.338. The van der Waals surface area contributed by atoms with Gasteiger partial charge >= 0.3 is 0 Å². The lowest BCUT2D eigenvalue weighted by molar-refractivity contribution is 0.0177. The molecule has 2 aliphatic rings. The molecule has 1 aliphatic carbocycles. The summed E-state index contributed by atoms with van der Waals surface area (Å²) in [6.07, 6.45) is 1.11. The molecule has 1 aromatic heterocycles. The van der Waals surface area contributed by atoms with Gasteiger partial charge in [0, 0.05) is 48.5 Å². The van der Waals surface area contributed by atoms with Gasteiger partial charge in [0.15, 0.2) is 5.96 Å². The average Bonchev–Trinajstić information content (AvgIpc) is 3.28. The minimum Gasteiger partial charge on any atom is -0.379 e. The molecule has 1 aromatic carbocycles. The van der Waals surface area contributed by atoms with Crippen LogP contribution in [-0.4, -0.2) is 56.8 Å². The maximum atomic E-state index is 6.14. The molecule has 0 radical (unpaired) electrons. The Kier molecular flexibility index (Phi) is 6.52. The fraction of sp³-hybridized carbons (Fsp3) is 0.476. The van der Waals surface area contributed by atoms with E-state index in [1.165, 1.54) is 10.4 Å². The van der Waals surface area contributed by atoms with Crippen LogP contribution in [0.25, 0.3) is 0 Å². The monoisotopic (exact) mass is 418 g/mol. The zero-order valence-electron chi connectivity index (χ0n) is 16.1. The Morgan fingerprint density at radius 1 is 1.32 bits per heavy atom. The predicted molar refractivity (Wildman–Crippen MR) is 117 cm³/mol. The van der Waals surface area contributed by atoms with Crippen molar-refractivity contribution in [1.82, 2.24) is 15.5 Å². The summed E-state index contributed by atoms with van der Waals surface area (Å²) in [5, 5.41) is 10.1. The smallest absolute Gasteiger partial charge is 0.191 e. The molecule has 1 saturated heterocycles. The number of rotatable bonds is 6. The number of thiophene rings is 1. The van der Waals surface area contributed by atoms with Gasteiger partial charge < -0.3 is 15.4 Å². The van der Waals surface area contributed by atoms with Crippen LogP contribution in [0.4, 0.5) is 0 Å². The van der Waals surface area contributed by atoms with E-state index in [0.717, 1.165) is 50.3 Å². The number of nitrogens with one attached hydrogen (secondary N) is 2. The molecular formula is C21H27ClN4OS. The third-order valence-corrected chi connectivity index (χ3v) is 6.64. The largest absolute Gasteiger partial charge is 0.379 e. The van der Waals surface area contributed by atoms with Gasteiger partial charge in [-0.15, -0.1) is 11.3 Å². The lowest BCUT2D eigenvalue weighted by Gasteiger charge is -2.34. The first kappa shape index (κ1) is 19.7. The van der Waals surface area contributed by atoms with E-state index in [0.29, 0.717) is 18.0 Å². The standard InChI is InChI=1S/C21H27ClN4OS/c1-23-21(25-18-13-17(18)15-4-2-5-16(22)12-15)24-14-19(20-6-3-11-28-20)26-7-9-27-10-8-26/h2-6,11-12,17-19H,7-10,13-14H2,1H3,(H2,23,24,25). The van der Waals surface area contributed by atoms with Crippen LogP contribution in [0.3, 0.4) is 0 Å². The highest BCUT2D eigenvalue weighted by molar-refractivity contribution is 7.10. The summed E-state index contributed by atoms with van der Waals surface area (Å²) in [6.45, 7) is 4.37. The quantitative estimate of drug-likeness (QED) is 0.557. The molecule has 7 heteroatoms. The highest BCUT2D eigenvalue weighted by Crippen LogP contribution is 2.41. The molecule has 0 bridgehead atoms. The van der Waals surface area contributed by atoms with E-state index in [-0.39, 0.29) is 0 Å². The molecule has 1 saturated carbocycles. The third-order valence-electron chi connectivity index (χ3n) is 5.43. The van der Waals surface area contributed by atoms with Gasteiger partial charge in [0.25, 0.3) is 0 Å². The molecule has 3 unspecified atom stereocenters. The fourth-order valence-corrected chi connectivity index (χ4v) is 4.86. The first-order valence-electron chi connectivity index (χ1n) is 9.82. The highest BCUT2D eigenvalue weighted by atomic mass is 35.5. The Morgan fingerprint density at radius 3 is 2.89 bits per heavy atom. The Balaban J connectivity index is 1.34. The van der Waals surface area contributed by atoms with Crippen LogP contribution in [0, 0.1) is 0 Å². The second-order valence-corrected chi connectivity index (χ2v) is 8.70. The molecule has 3 atom stereocenters.